The Morgan fingerprint density at radius 1 is 1.54 bits per heavy atom. The van der Waals surface area contributed by atoms with E-state index in [1.54, 1.807) is 0 Å². The van der Waals surface area contributed by atoms with Crippen LogP contribution in [0.1, 0.15) is 6.42 Å². The predicted octanol–water partition coefficient (Wildman–Crippen LogP) is 0.194. The Balaban J connectivity index is 2.16. The molecule has 1 heterocycles. The van der Waals surface area contributed by atoms with Crippen LogP contribution in [0.4, 0.5) is 0 Å². The maximum absolute atomic E-state index is 10.9. The van der Waals surface area contributed by atoms with Gasteiger partial charge in [0.25, 0.3) is 0 Å². The highest BCUT2D eigenvalue weighted by molar-refractivity contribution is 5.95. The van der Waals surface area contributed by atoms with Gasteiger partial charge in [0.1, 0.15) is 0 Å². The first kappa shape index (κ1) is 8.51. The molecule has 70 valence electrons. The zero-order valence-corrected chi connectivity index (χ0v) is 7.49. The zero-order valence-electron chi connectivity index (χ0n) is 7.49. The summed E-state index contributed by atoms with van der Waals surface area (Å²) in [6, 6.07) is 0. The molecule has 1 aliphatic heterocycles. The molecule has 0 saturated carbocycles. The van der Waals surface area contributed by atoms with Gasteiger partial charge in [0.05, 0.1) is 0 Å². The summed E-state index contributed by atoms with van der Waals surface area (Å²) in [6.07, 6.45) is 7.13. The molecule has 2 rings (SSSR count). The second-order valence-corrected chi connectivity index (χ2v) is 3.67. The van der Waals surface area contributed by atoms with Crippen LogP contribution in [0.5, 0.6) is 0 Å². The molecule has 3 nitrogen and oxygen atoms in total. The van der Waals surface area contributed by atoms with E-state index in [1.165, 1.54) is 0 Å². The van der Waals surface area contributed by atoms with Crippen molar-refractivity contribution in [3.63, 3.8) is 0 Å². The number of primary amides is 1. The standard InChI is InChI=1S/C10H14N2O/c11-10(13)8-2-1-7-3-4-12-6-9(7)5-8/h1-2,5,7,9,12H,3-4,6H2,(H2,11,13). The Bertz CT molecular complexity index is 281. The van der Waals surface area contributed by atoms with E-state index in [4.69, 9.17) is 5.73 Å². The van der Waals surface area contributed by atoms with Crippen molar-refractivity contribution < 1.29 is 4.79 Å². The summed E-state index contributed by atoms with van der Waals surface area (Å²) in [5.74, 6) is 0.742. The minimum Gasteiger partial charge on any atom is -0.366 e. The summed E-state index contributed by atoms with van der Waals surface area (Å²) >= 11 is 0. The number of carbonyl (C=O) groups is 1. The zero-order chi connectivity index (χ0) is 9.26. The lowest BCUT2D eigenvalue weighted by molar-refractivity contribution is -0.114. The third-order valence-electron chi connectivity index (χ3n) is 2.79. The molecule has 0 radical (unpaired) electrons. The second kappa shape index (κ2) is 3.34. The number of nitrogens with two attached hydrogens (primary N) is 1. The summed E-state index contributed by atoms with van der Waals surface area (Å²) < 4.78 is 0. The molecule has 1 amide bonds. The third kappa shape index (κ3) is 1.65. The van der Waals surface area contributed by atoms with Crippen molar-refractivity contribution in [1.82, 2.24) is 5.32 Å². The molecule has 13 heavy (non-hydrogen) atoms. The van der Waals surface area contributed by atoms with Gasteiger partial charge < -0.3 is 11.1 Å². The normalized spacial score (nSPS) is 32.2. The Labute approximate surface area is 77.7 Å². The number of rotatable bonds is 1. The van der Waals surface area contributed by atoms with Gasteiger partial charge in [0.15, 0.2) is 0 Å². The van der Waals surface area contributed by atoms with Gasteiger partial charge in [-0.2, -0.15) is 0 Å². The van der Waals surface area contributed by atoms with Gasteiger partial charge in [0.2, 0.25) is 5.91 Å². The molecule has 0 aromatic rings. The lowest BCUT2D eigenvalue weighted by Gasteiger charge is -2.30. The van der Waals surface area contributed by atoms with Crippen molar-refractivity contribution in [2.45, 2.75) is 6.42 Å². The van der Waals surface area contributed by atoms with Gasteiger partial charge in [-0.25, -0.2) is 0 Å². The van der Waals surface area contributed by atoms with Gasteiger partial charge in [-0.1, -0.05) is 18.2 Å². The number of nitrogens with one attached hydrogen (secondary N) is 1. The van der Waals surface area contributed by atoms with Crippen molar-refractivity contribution in [2.75, 3.05) is 13.1 Å². The van der Waals surface area contributed by atoms with Crippen LogP contribution in [-0.4, -0.2) is 19.0 Å². The van der Waals surface area contributed by atoms with Crippen LogP contribution in [0.25, 0.3) is 0 Å². The number of carbonyl (C=O) groups excluding carboxylic acids is 1. The van der Waals surface area contributed by atoms with Crippen molar-refractivity contribution in [3.8, 4) is 0 Å². The average molecular weight is 178 g/mol. The van der Waals surface area contributed by atoms with E-state index in [-0.39, 0.29) is 5.91 Å². The Morgan fingerprint density at radius 3 is 3.15 bits per heavy atom. The number of allylic oxidation sites excluding steroid dienone is 1. The SMILES string of the molecule is NC(=O)C1=CC2CNCCC2C=C1. The van der Waals surface area contributed by atoms with Crippen LogP contribution in [0.3, 0.4) is 0 Å². The molecule has 0 spiro atoms. The minimum absolute atomic E-state index is 0.319. The average Bonchev–Trinajstić information content (AvgIpc) is 2.17. The molecule has 3 heteroatoms. The predicted molar refractivity (Wildman–Crippen MR) is 50.9 cm³/mol. The quantitative estimate of drug-likeness (QED) is 0.602. The topological polar surface area (TPSA) is 55.1 Å². The summed E-state index contributed by atoms with van der Waals surface area (Å²) in [5, 5.41) is 3.31. The van der Waals surface area contributed by atoms with Crippen LogP contribution < -0.4 is 11.1 Å². The lowest BCUT2D eigenvalue weighted by Crippen LogP contribution is -2.36. The number of fused-ring (bicyclic) bond motifs is 1. The van der Waals surface area contributed by atoms with Crippen LogP contribution in [0.2, 0.25) is 0 Å². The molecule has 2 unspecified atom stereocenters. The first-order chi connectivity index (χ1) is 6.27. The number of amides is 1. The van der Waals surface area contributed by atoms with Crippen molar-refractivity contribution in [2.24, 2.45) is 17.6 Å². The van der Waals surface area contributed by atoms with Gasteiger partial charge in [-0.15, -0.1) is 0 Å². The maximum atomic E-state index is 10.9. The van der Waals surface area contributed by atoms with E-state index in [1.807, 2.05) is 12.2 Å². The second-order valence-electron chi connectivity index (χ2n) is 3.67. The monoisotopic (exact) mass is 178 g/mol. The largest absolute Gasteiger partial charge is 0.366 e. The molecule has 0 aromatic heterocycles. The van der Waals surface area contributed by atoms with Gasteiger partial charge in [-0.3, -0.25) is 4.79 Å². The molecular formula is C10H14N2O. The molecule has 1 aliphatic carbocycles. The van der Waals surface area contributed by atoms with E-state index in [0.29, 0.717) is 17.4 Å². The first-order valence-electron chi connectivity index (χ1n) is 4.68. The maximum Gasteiger partial charge on any atom is 0.248 e. The molecular weight excluding hydrogens is 164 g/mol. The highest BCUT2D eigenvalue weighted by atomic mass is 16.1. The van der Waals surface area contributed by atoms with Crippen molar-refractivity contribution in [1.29, 1.82) is 0 Å². The first-order valence-corrected chi connectivity index (χ1v) is 4.68. The van der Waals surface area contributed by atoms with E-state index in [2.05, 4.69) is 11.4 Å². The Hall–Kier alpha value is -1.09. The highest BCUT2D eigenvalue weighted by Gasteiger charge is 2.24. The van der Waals surface area contributed by atoms with Crippen molar-refractivity contribution in [3.05, 3.63) is 23.8 Å². The van der Waals surface area contributed by atoms with Crippen LogP contribution in [0, 0.1) is 11.8 Å². The molecule has 1 saturated heterocycles. The fraction of sp³-hybridized carbons (Fsp3) is 0.500. The summed E-state index contributed by atoms with van der Waals surface area (Å²) in [7, 11) is 0. The number of piperidine rings is 1. The van der Waals surface area contributed by atoms with Crippen molar-refractivity contribution >= 4 is 5.91 Å². The minimum atomic E-state index is -0.319. The van der Waals surface area contributed by atoms with E-state index >= 15 is 0 Å². The van der Waals surface area contributed by atoms with Crippen LogP contribution in [0.15, 0.2) is 23.8 Å². The molecule has 2 aliphatic rings. The molecule has 3 N–H and O–H groups in total. The third-order valence-corrected chi connectivity index (χ3v) is 2.79. The molecule has 2 atom stereocenters. The Morgan fingerprint density at radius 2 is 2.38 bits per heavy atom. The van der Waals surface area contributed by atoms with E-state index < -0.39 is 0 Å². The summed E-state index contributed by atoms with van der Waals surface area (Å²) in [5.41, 5.74) is 5.87. The lowest BCUT2D eigenvalue weighted by atomic mass is 9.81. The summed E-state index contributed by atoms with van der Waals surface area (Å²) in [6.45, 7) is 2.04. The van der Waals surface area contributed by atoms with E-state index in [9.17, 15) is 4.79 Å². The van der Waals surface area contributed by atoms with Gasteiger partial charge in [0, 0.05) is 12.1 Å². The Kier molecular flexibility index (Phi) is 2.19. The van der Waals surface area contributed by atoms with Gasteiger partial charge in [-0.05, 0) is 24.8 Å². The smallest absolute Gasteiger partial charge is 0.248 e. The fourth-order valence-corrected chi connectivity index (χ4v) is 2.00. The highest BCUT2D eigenvalue weighted by Crippen LogP contribution is 2.27. The molecule has 0 bridgehead atoms. The molecule has 0 aromatic carbocycles. The number of hydrogen-bond donors (Lipinski definition) is 2. The van der Waals surface area contributed by atoms with Gasteiger partial charge >= 0.3 is 0 Å². The molecule has 1 fully saturated rings. The fourth-order valence-electron chi connectivity index (χ4n) is 2.00. The summed E-state index contributed by atoms with van der Waals surface area (Å²) in [4.78, 5) is 10.9. The van der Waals surface area contributed by atoms with Crippen LogP contribution >= 0.6 is 0 Å². The van der Waals surface area contributed by atoms with Crippen LogP contribution in [-0.2, 0) is 4.79 Å². The number of hydrogen-bond acceptors (Lipinski definition) is 2. The van der Waals surface area contributed by atoms with E-state index in [0.717, 1.165) is 19.5 Å².